The lowest BCUT2D eigenvalue weighted by molar-refractivity contribution is -0.120. The molecule has 2 aromatic carbocycles. The number of sulfonamides is 1. The maximum absolute atomic E-state index is 13.6. The van der Waals surface area contributed by atoms with Gasteiger partial charge in [-0.2, -0.15) is 0 Å². The molecule has 0 fully saturated rings. The molecule has 0 radical (unpaired) electrons. The van der Waals surface area contributed by atoms with Crippen molar-refractivity contribution < 1.29 is 27.1 Å². The first-order valence-electron chi connectivity index (χ1n) is 8.25. The van der Waals surface area contributed by atoms with Crippen LogP contribution in [0, 0.1) is 5.82 Å². The molecule has 0 aliphatic rings. The van der Waals surface area contributed by atoms with Gasteiger partial charge in [-0.25, -0.2) is 12.8 Å². The normalized spacial score (nSPS) is 10.9. The number of nitrogens with one attached hydrogen (secondary N) is 3. The molecule has 2 aromatic rings. The molecule has 2 amide bonds. The van der Waals surface area contributed by atoms with Gasteiger partial charge in [-0.1, -0.05) is 12.1 Å². The van der Waals surface area contributed by atoms with Crippen molar-refractivity contribution in [3.8, 4) is 0 Å². The van der Waals surface area contributed by atoms with Crippen molar-refractivity contribution in [1.29, 1.82) is 0 Å². The summed E-state index contributed by atoms with van der Waals surface area (Å²) >= 11 is 0. The lowest BCUT2D eigenvalue weighted by Gasteiger charge is -2.10. The van der Waals surface area contributed by atoms with Crippen molar-refractivity contribution in [1.82, 2.24) is 10.6 Å². The van der Waals surface area contributed by atoms with Crippen LogP contribution in [-0.2, 0) is 19.6 Å². The first-order valence-corrected chi connectivity index (χ1v) is 9.73. The summed E-state index contributed by atoms with van der Waals surface area (Å²) in [5.74, 6) is -1.61. The first kappa shape index (κ1) is 21.3. The van der Waals surface area contributed by atoms with E-state index in [0.717, 1.165) is 6.07 Å². The van der Waals surface area contributed by atoms with Gasteiger partial charge in [0.15, 0.2) is 0 Å². The van der Waals surface area contributed by atoms with Gasteiger partial charge in [0.25, 0.3) is 15.9 Å². The summed E-state index contributed by atoms with van der Waals surface area (Å²) in [4.78, 5) is 23.5. The molecule has 10 heteroatoms. The third-order valence-electron chi connectivity index (χ3n) is 3.58. The fraction of sp³-hybridized carbons (Fsp3) is 0.222. The summed E-state index contributed by atoms with van der Waals surface area (Å²) in [6, 6.07) is 10.4. The highest BCUT2D eigenvalue weighted by Crippen LogP contribution is 2.19. The largest absolute Gasteiger partial charge is 0.383 e. The van der Waals surface area contributed by atoms with Crippen LogP contribution in [-0.4, -0.2) is 47.0 Å². The number of hydrogen-bond donors (Lipinski definition) is 3. The maximum Gasteiger partial charge on any atom is 0.261 e. The fourth-order valence-electron chi connectivity index (χ4n) is 2.15. The van der Waals surface area contributed by atoms with Crippen molar-refractivity contribution in [3.63, 3.8) is 0 Å². The van der Waals surface area contributed by atoms with Gasteiger partial charge < -0.3 is 15.4 Å². The average molecular weight is 409 g/mol. The van der Waals surface area contributed by atoms with E-state index < -0.39 is 21.7 Å². The second-order valence-corrected chi connectivity index (χ2v) is 7.32. The van der Waals surface area contributed by atoms with E-state index >= 15 is 0 Å². The van der Waals surface area contributed by atoms with Crippen molar-refractivity contribution >= 4 is 27.5 Å². The minimum absolute atomic E-state index is 0.135. The van der Waals surface area contributed by atoms with Crippen molar-refractivity contribution in [2.75, 3.05) is 31.5 Å². The lowest BCUT2D eigenvalue weighted by Crippen LogP contribution is -2.38. The summed E-state index contributed by atoms with van der Waals surface area (Å²) in [6.07, 6.45) is 0. The number of carbonyl (C=O) groups excluding carboxylic acids is 2. The Hall–Kier alpha value is -2.98. The Bertz CT molecular complexity index is 932. The summed E-state index contributed by atoms with van der Waals surface area (Å²) in [6.45, 7) is 0.459. The van der Waals surface area contributed by atoms with Crippen LogP contribution in [0.25, 0.3) is 0 Å². The molecule has 3 N–H and O–H groups in total. The van der Waals surface area contributed by atoms with Crippen LogP contribution in [0.1, 0.15) is 10.4 Å². The van der Waals surface area contributed by atoms with Crippen LogP contribution in [0.15, 0.2) is 53.4 Å². The van der Waals surface area contributed by atoms with E-state index in [-0.39, 0.29) is 28.6 Å². The Morgan fingerprint density at radius 2 is 1.71 bits per heavy atom. The molecule has 0 spiro atoms. The predicted molar refractivity (Wildman–Crippen MR) is 101 cm³/mol. The molecule has 0 atom stereocenters. The molecule has 8 nitrogen and oxygen atoms in total. The van der Waals surface area contributed by atoms with Gasteiger partial charge in [-0.3, -0.25) is 14.3 Å². The van der Waals surface area contributed by atoms with E-state index in [1.165, 1.54) is 49.6 Å². The van der Waals surface area contributed by atoms with Gasteiger partial charge in [-0.15, -0.1) is 0 Å². The number of halogens is 1. The predicted octanol–water partition coefficient (Wildman–Crippen LogP) is 1.12. The van der Waals surface area contributed by atoms with E-state index in [9.17, 15) is 22.4 Å². The number of benzene rings is 2. The quantitative estimate of drug-likeness (QED) is 0.537. The molecule has 0 bridgehead atoms. The number of carbonyl (C=O) groups is 2. The molecule has 28 heavy (non-hydrogen) atoms. The van der Waals surface area contributed by atoms with Crippen LogP contribution in [0.3, 0.4) is 0 Å². The average Bonchev–Trinajstić information content (AvgIpc) is 2.68. The van der Waals surface area contributed by atoms with E-state index in [2.05, 4.69) is 15.4 Å². The number of para-hydroxylation sites is 1. The van der Waals surface area contributed by atoms with Gasteiger partial charge in [0, 0.05) is 19.2 Å². The molecule has 0 saturated heterocycles. The molecule has 2 rings (SSSR count). The van der Waals surface area contributed by atoms with Crippen LogP contribution < -0.4 is 15.4 Å². The second kappa shape index (κ2) is 9.81. The van der Waals surface area contributed by atoms with Crippen LogP contribution in [0.2, 0.25) is 0 Å². The number of ether oxygens (including phenoxy) is 1. The molecular formula is C18H20FN3O5S. The molecule has 0 unspecified atom stereocenters. The smallest absolute Gasteiger partial charge is 0.261 e. The summed E-state index contributed by atoms with van der Waals surface area (Å²) in [7, 11) is -2.51. The van der Waals surface area contributed by atoms with Crippen LogP contribution in [0.4, 0.5) is 10.1 Å². The monoisotopic (exact) mass is 409 g/mol. The number of methoxy groups -OCH3 is 1. The second-order valence-electron chi connectivity index (χ2n) is 5.64. The van der Waals surface area contributed by atoms with Gasteiger partial charge in [-0.05, 0) is 36.4 Å². The van der Waals surface area contributed by atoms with E-state index in [4.69, 9.17) is 4.74 Å². The summed E-state index contributed by atoms with van der Waals surface area (Å²) < 4.78 is 45.2. The minimum atomic E-state index is -4.01. The number of rotatable bonds is 9. The van der Waals surface area contributed by atoms with Crippen LogP contribution in [0.5, 0.6) is 0 Å². The maximum atomic E-state index is 13.6. The molecule has 0 heterocycles. The highest BCUT2D eigenvalue weighted by Gasteiger charge is 2.17. The fourth-order valence-corrected chi connectivity index (χ4v) is 3.22. The Balaban J connectivity index is 1.97. The molecular weight excluding hydrogens is 389 g/mol. The Kier molecular flexibility index (Phi) is 7.47. The number of hydrogen-bond acceptors (Lipinski definition) is 5. The standard InChI is InChI=1S/C18H20FN3O5S/c1-27-11-10-20-17(23)12-21-18(24)13-6-8-14(9-7-13)28(25,26)22-16-5-3-2-4-15(16)19/h2-9,22H,10-12H2,1H3,(H,20,23)(H,21,24). The van der Waals surface area contributed by atoms with Gasteiger partial charge >= 0.3 is 0 Å². The third-order valence-corrected chi connectivity index (χ3v) is 4.96. The summed E-state index contributed by atoms with van der Waals surface area (Å²) in [5, 5.41) is 4.97. The van der Waals surface area contributed by atoms with Crippen molar-refractivity contribution in [2.24, 2.45) is 0 Å². The van der Waals surface area contributed by atoms with E-state index in [0.29, 0.717) is 13.2 Å². The van der Waals surface area contributed by atoms with Crippen molar-refractivity contribution in [2.45, 2.75) is 4.90 Å². The third kappa shape index (κ3) is 6.03. The molecule has 0 aliphatic carbocycles. The SMILES string of the molecule is COCCNC(=O)CNC(=O)c1ccc(S(=O)(=O)Nc2ccccc2F)cc1. The van der Waals surface area contributed by atoms with Gasteiger partial charge in [0.05, 0.1) is 23.7 Å². The minimum Gasteiger partial charge on any atom is -0.383 e. The molecule has 0 aliphatic heterocycles. The highest BCUT2D eigenvalue weighted by atomic mass is 32.2. The summed E-state index contributed by atoms with van der Waals surface area (Å²) in [5.41, 5.74) is -0.00154. The molecule has 0 saturated carbocycles. The van der Waals surface area contributed by atoms with Crippen molar-refractivity contribution in [3.05, 3.63) is 59.9 Å². The Morgan fingerprint density at radius 3 is 2.36 bits per heavy atom. The zero-order chi connectivity index (χ0) is 20.6. The van der Waals surface area contributed by atoms with E-state index in [1.807, 2.05) is 0 Å². The Labute approximate surface area is 162 Å². The van der Waals surface area contributed by atoms with Gasteiger partial charge in [0.2, 0.25) is 5.91 Å². The van der Waals surface area contributed by atoms with Gasteiger partial charge in [0.1, 0.15) is 5.82 Å². The van der Waals surface area contributed by atoms with E-state index in [1.54, 1.807) is 0 Å². The lowest BCUT2D eigenvalue weighted by atomic mass is 10.2. The number of anilines is 1. The first-order chi connectivity index (χ1) is 13.3. The number of amides is 2. The highest BCUT2D eigenvalue weighted by molar-refractivity contribution is 7.92. The molecule has 0 aromatic heterocycles. The molecule has 150 valence electrons. The zero-order valence-corrected chi connectivity index (χ0v) is 15.9. The zero-order valence-electron chi connectivity index (χ0n) is 15.1. The topological polar surface area (TPSA) is 114 Å². The Morgan fingerprint density at radius 1 is 1.04 bits per heavy atom. The van der Waals surface area contributed by atoms with Crippen LogP contribution >= 0.6 is 0 Å².